The van der Waals surface area contributed by atoms with Crippen molar-refractivity contribution in [2.75, 3.05) is 184 Å². The Kier molecular flexibility index (Phi) is 33.5. The van der Waals surface area contributed by atoms with Crippen LogP contribution in [0.2, 0.25) is 0 Å². The number of aromatic nitrogens is 9. The van der Waals surface area contributed by atoms with Gasteiger partial charge in [0, 0.05) is 262 Å². The topological polar surface area (TPSA) is 352 Å². The minimum Gasteiger partial charge on any atom is -0.494 e. The molecule has 6 aromatic heterocycles. The first-order valence-corrected chi connectivity index (χ1v) is 48.1. The summed E-state index contributed by atoms with van der Waals surface area (Å²) in [6.45, 7) is 21.0. The Morgan fingerprint density at radius 3 is 1.04 bits per heavy atom. The molecular formula is C110H118ClF3N24O10. The molecule has 0 saturated carbocycles. The number of methoxy groups -OCH3 is 3. The number of hydrogen-bond acceptors (Lipinski definition) is 26. The number of nitrogens with one attached hydrogen (secondary N) is 4. The second kappa shape index (κ2) is 46.9. The van der Waals surface area contributed by atoms with Crippen molar-refractivity contribution in [2.45, 2.75) is 33.5 Å². The second-order valence-corrected chi connectivity index (χ2v) is 37.1. The number of para-hydroxylation sites is 3. The Balaban J connectivity index is 0.000000162. The molecule has 9 aromatic carbocycles. The molecule has 38 heteroatoms. The molecule has 0 unspecified atom stereocenters. The van der Waals surface area contributed by atoms with E-state index < -0.39 is 10.2 Å². The molecule has 3 aliphatic rings. The van der Waals surface area contributed by atoms with E-state index in [0.717, 1.165) is 143 Å². The van der Waals surface area contributed by atoms with Crippen molar-refractivity contribution in [3.05, 3.63) is 304 Å². The average Bonchev–Trinajstić information content (AvgIpc) is 1.61. The van der Waals surface area contributed by atoms with Gasteiger partial charge in [-0.25, -0.2) is 43.1 Å². The fourth-order valence-electron chi connectivity index (χ4n) is 17.7. The fourth-order valence-corrected chi connectivity index (χ4v) is 17.7. The van der Waals surface area contributed by atoms with Crippen molar-refractivity contribution in [2.24, 2.45) is 21.1 Å². The van der Waals surface area contributed by atoms with Crippen LogP contribution in [-0.2, 0) is 50.4 Å². The van der Waals surface area contributed by atoms with Gasteiger partial charge in [0.25, 0.3) is 29.3 Å². The van der Waals surface area contributed by atoms with Crippen LogP contribution in [0.1, 0.15) is 61.6 Å². The van der Waals surface area contributed by atoms with Gasteiger partial charge in [0.05, 0.1) is 99.8 Å². The van der Waals surface area contributed by atoms with Gasteiger partial charge in [0.1, 0.15) is 40.4 Å². The van der Waals surface area contributed by atoms with Gasteiger partial charge in [0.15, 0.2) is 0 Å². The highest BCUT2D eigenvalue weighted by Gasteiger charge is 2.33. The zero-order valence-corrected chi connectivity index (χ0v) is 85.7. The third-order valence-electron chi connectivity index (χ3n) is 26.0. The van der Waals surface area contributed by atoms with E-state index in [9.17, 15) is 47.3 Å². The number of hydrogen-bond donors (Lipinski definition) is 5. The van der Waals surface area contributed by atoms with Crippen LogP contribution >= 0.6 is 11.6 Å². The van der Waals surface area contributed by atoms with Crippen LogP contribution in [0.4, 0.5) is 82.2 Å². The predicted molar refractivity (Wildman–Crippen MR) is 577 cm³/mol. The van der Waals surface area contributed by atoms with E-state index in [1.807, 2.05) is 162 Å². The number of amides is 4. The summed E-state index contributed by atoms with van der Waals surface area (Å²) in [5, 5.41) is 27.3. The minimum absolute atomic E-state index is 0.0682. The molecule has 9 heterocycles. The third-order valence-corrected chi connectivity index (χ3v) is 26.3. The number of ether oxygens (including phenoxy) is 3. The number of aryl methyl sites for hydroxylation is 3. The number of nitrogen functional groups attached to an aromatic ring is 1. The molecule has 34 nitrogen and oxygen atoms in total. The van der Waals surface area contributed by atoms with E-state index in [1.165, 1.54) is 66.9 Å². The molecule has 0 spiro atoms. The van der Waals surface area contributed by atoms with Crippen molar-refractivity contribution >= 4 is 142 Å². The summed E-state index contributed by atoms with van der Waals surface area (Å²) in [6.07, 6.45) is 10.3. The number of halogens is 4. The Bertz CT molecular complexity index is 7460. The van der Waals surface area contributed by atoms with Crippen LogP contribution < -0.4 is 55.9 Å². The maximum Gasteiger partial charge on any atom is 0.294 e. The maximum atomic E-state index is 14.0. The summed E-state index contributed by atoms with van der Waals surface area (Å²) in [5.41, 5.74) is 22.0. The van der Waals surface area contributed by atoms with Crippen molar-refractivity contribution in [3.8, 4) is 51.0 Å². The largest absolute Gasteiger partial charge is 0.494 e. The summed E-state index contributed by atoms with van der Waals surface area (Å²) in [7, 11) is 21.8. The normalized spacial score (nSPS) is 13.2. The highest BCUT2D eigenvalue weighted by Crippen LogP contribution is 2.45. The lowest BCUT2D eigenvalue weighted by Crippen LogP contribution is -2.44. The first-order chi connectivity index (χ1) is 71.0. The minimum atomic E-state index is -0.463. The molecule has 15 aromatic rings. The zero-order valence-electron chi connectivity index (χ0n) is 85.0. The molecule has 3 aliphatic heterocycles. The van der Waals surface area contributed by atoms with E-state index in [1.54, 1.807) is 108 Å². The van der Waals surface area contributed by atoms with Crippen LogP contribution in [0, 0.1) is 27.6 Å². The summed E-state index contributed by atoms with van der Waals surface area (Å²) in [5.74, 6) is -0.00754. The number of nitro benzene ring substituents is 1. The number of piperazine rings is 3. The Labute approximate surface area is 860 Å². The van der Waals surface area contributed by atoms with Crippen molar-refractivity contribution in [1.29, 1.82) is 0 Å². The first-order valence-electron chi connectivity index (χ1n) is 47.7. The van der Waals surface area contributed by atoms with Crippen LogP contribution in [0.15, 0.2) is 243 Å². The number of carbonyl (C=O) groups is 5. The van der Waals surface area contributed by atoms with Gasteiger partial charge in [-0.15, -0.1) is 0 Å². The van der Waals surface area contributed by atoms with Crippen LogP contribution in [0.5, 0.6) is 17.2 Å². The van der Waals surface area contributed by atoms with Crippen molar-refractivity contribution in [3.63, 3.8) is 0 Å². The average molecular weight is 2030 g/mol. The summed E-state index contributed by atoms with van der Waals surface area (Å²) in [4.78, 5) is 122. The number of carbonyl (C=O) groups excluding carboxylic acids is 5. The van der Waals surface area contributed by atoms with Gasteiger partial charge in [0.2, 0.25) is 23.1 Å². The van der Waals surface area contributed by atoms with Gasteiger partial charge in [-0.2, -0.15) is 0 Å². The molecule has 4 amide bonds. The van der Waals surface area contributed by atoms with Crippen LogP contribution in [0.25, 0.3) is 66.5 Å². The number of nitrogens with zero attached hydrogens (tertiary/aromatic N) is 19. The van der Waals surface area contributed by atoms with Crippen molar-refractivity contribution < 1.29 is 56.3 Å². The number of fused-ring (bicyclic) bond motifs is 3. The van der Waals surface area contributed by atoms with Gasteiger partial charge >= 0.3 is 0 Å². The molecule has 0 radical (unpaired) electrons. The predicted octanol–water partition coefficient (Wildman–Crippen LogP) is 18.0. The summed E-state index contributed by atoms with van der Waals surface area (Å²) >= 11 is 4.87. The Morgan fingerprint density at radius 2 is 0.723 bits per heavy atom. The fraction of sp³-hybridized carbons (Fsp3) is 0.264. The number of nitrogens with two attached hydrogens (primary N) is 1. The molecule has 6 N–H and O–H groups in total. The number of nitro groups is 1. The highest BCUT2D eigenvalue weighted by atomic mass is 35.5. The molecular weight excluding hydrogens is 1910 g/mol. The maximum absolute atomic E-state index is 14.0. The molecule has 148 heavy (non-hydrogen) atoms. The molecule has 0 aliphatic carbocycles. The Hall–Kier alpha value is -16.8. The second-order valence-electron chi connectivity index (χ2n) is 36.8. The smallest absolute Gasteiger partial charge is 0.294 e. The van der Waals surface area contributed by atoms with Gasteiger partial charge < -0.3 is 99.0 Å². The molecule has 766 valence electrons. The molecule has 0 atom stereocenters. The van der Waals surface area contributed by atoms with Gasteiger partial charge in [-0.05, 0) is 130 Å². The van der Waals surface area contributed by atoms with E-state index in [4.69, 9.17) is 46.5 Å². The Morgan fingerprint density at radius 1 is 0.426 bits per heavy atom. The lowest BCUT2D eigenvalue weighted by atomic mass is 10.0. The highest BCUT2D eigenvalue weighted by molar-refractivity contribution is 6.67. The molecule has 3 saturated heterocycles. The van der Waals surface area contributed by atoms with Crippen LogP contribution in [0.3, 0.4) is 0 Å². The van der Waals surface area contributed by atoms with Crippen molar-refractivity contribution in [1.82, 2.24) is 73.0 Å². The summed E-state index contributed by atoms with van der Waals surface area (Å²) < 4.78 is 63.7. The molecule has 18 rings (SSSR count). The quantitative estimate of drug-likeness (QED) is 0.00999. The summed E-state index contributed by atoms with van der Waals surface area (Å²) in [6, 6.07) is 52.4. The number of allylic oxidation sites excluding steroid dienone is 1. The van der Waals surface area contributed by atoms with E-state index in [2.05, 4.69) is 88.0 Å². The van der Waals surface area contributed by atoms with E-state index >= 15 is 0 Å². The van der Waals surface area contributed by atoms with Gasteiger partial charge in [-0.3, -0.25) is 34.1 Å². The van der Waals surface area contributed by atoms with Crippen LogP contribution in [-0.4, -0.2) is 249 Å². The SMILES string of the molecule is C=C(C)C(=O)Cl.C=C(C)C(=O)Nc1cc(Nc2ncc(C(=O)N(C)Cc3ccc(F)cc3)c(-c3cn(C)c4ccccc34)n2)c(OC)cc1N1CCN(C)CC1.COc1cc(N2CCN(C)CC2)c(N)cc1Nc1ncc(C(=O)N(C)Cc2ccc(F)cc2)c(-c2cn(C)c3ccccc23)n1.COc1cc(N2CCN(C)CC2)c([N+](=O)[O-])cc1Nc1ncc(C(=O)N(C)Cc2ccc(F)cc2)c(-c2cn(C)c3ccccc23)n1. The zero-order chi connectivity index (χ0) is 106. The number of benzene rings is 9. The standard InChI is InChI=1S/C38H41FN8O3.C34H35FN8O4.C34H37FN8O2.C4H5ClO/c1-24(2)36(48)41-30-19-31(34(50-6)20-33(30)47-17-15-44(3)16-18-47)42-38-40-21-28(37(49)46(5)22-25-11-13-26(39)14-12-25)35(43-38)29-23-45(4)32-10-8-7-9-27(29)32;1-39-13-15-42(16-14-39)29-18-31(47-4)27(17-30(29)43(45)46)37-34-36-19-25(33(44)41(3)20-22-9-11-23(35)12-10-22)32(38-34)26-21-40(2)28-8-6-5-7-24(26)28;1-40-13-15-43(16-14-40)30-18-31(45-4)28(17-27(30)36)38-34-37-19-25(33(44)42(3)20-22-9-11-23(35)12-10-22)32(39-34)26-21-41(2)29-8-6-5-7-24(26)29;1-3(2)4(5)6/h7-14,19-21,23H,1,15-18,22H2,2-6H3,(H,41,48)(H,40,42,43);5-12,17-19,21H,13-16,20H2,1-4H3,(H,36,37,38);5-12,17-19,21H,13-16,20,36H2,1-4H3,(H,37,38,39);1H2,2H3. The lowest BCUT2D eigenvalue weighted by molar-refractivity contribution is -0.384. The lowest BCUT2D eigenvalue weighted by Gasteiger charge is -2.35. The molecule has 3 fully saturated rings. The number of anilines is 11. The molecule has 0 bridgehead atoms. The van der Waals surface area contributed by atoms with E-state index in [-0.39, 0.29) is 77.3 Å². The first kappa shape index (κ1) is 106. The monoisotopic (exact) mass is 2030 g/mol. The third kappa shape index (κ3) is 24.7. The number of rotatable bonds is 28. The number of likely N-dealkylation sites (N-methyl/N-ethyl adjacent to an activating group) is 3. The van der Waals surface area contributed by atoms with E-state index in [0.29, 0.717) is 116 Å². The van der Waals surface area contributed by atoms with Gasteiger partial charge in [-0.1, -0.05) is 104 Å².